The van der Waals surface area contributed by atoms with Crippen molar-refractivity contribution in [2.24, 2.45) is 0 Å². The van der Waals surface area contributed by atoms with Crippen LogP contribution in [0.25, 0.3) is 0 Å². The highest BCUT2D eigenvalue weighted by Gasteiger charge is 2.19. The maximum atomic E-state index is 12.9. The van der Waals surface area contributed by atoms with Crippen molar-refractivity contribution in [2.75, 3.05) is 13.2 Å². The van der Waals surface area contributed by atoms with Crippen LogP contribution in [-0.2, 0) is 28.6 Å². The molecule has 434 valence electrons. The van der Waals surface area contributed by atoms with Crippen molar-refractivity contribution in [3.63, 3.8) is 0 Å². The maximum Gasteiger partial charge on any atom is 0.306 e. The molecular formula is C71H114O6. The quantitative estimate of drug-likeness (QED) is 0.0261. The molecule has 0 fully saturated rings. The molecule has 6 heteroatoms. The summed E-state index contributed by atoms with van der Waals surface area (Å²) in [6, 6.07) is 0. The Morgan fingerprint density at radius 2 is 0.468 bits per heavy atom. The van der Waals surface area contributed by atoms with Crippen LogP contribution in [0, 0.1) is 0 Å². The van der Waals surface area contributed by atoms with E-state index in [0.717, 1.165) is 173 Å². The van der Waals surface area contributed by atoms with Crippen LogP contribution >= 0.6 is 0 Å². The lowest BCUT2D eigenvalue weighted by Crippen LogP contribution is -2.30. The van der Waals surface area contributed by atoms with E-state index in [-0.39, 0.29) is 31.1 Å². The highest BCUT2D eigenvalue weighted by atomic mass is 16.6. The number of hydrogen-bond donors (Lipinski definition) is 0. The van der Waals surface area contributed by atoms with Crippen LogP contribution in [0.5, 0.6) is 0 Å². The van der Waals surface area contributed by atoms with E-state index in [0.29, 0.717) is 19.3 Å². The Bertz CT molecular complexity index is 1700. The number of unbranched alkanes of at least 4 members (excludes halogenated alkanes) is 20. The van der Waals surface area contributed by atoms with Crippen LogP contribution in [0.2, 0.25) is 0 Å². The van der Waals surface area contributed by atoms with Crippen LogP contribution in [-0.4, -0.2) is 37.2 Å². The lowest BCUT2D eigenvalue weighted by molar-refractivity contribution is -0.167. The van der Waals surface area contributed by atoms with E-state index >= 15 is 0 Å². The van der Waals surface area contributed by atoms with Gasteiger partial charge in [0, 0.05) is 19.3 Å². The zero-order valence-corrected chi connectivity index (χ0v) is 49.7. The number of rotatable bonds is 55. The highest BCUT2D eigenvalue weighted by Crippen LogP contribution is 2.15. The highest BCUT2D eigenvalue weighted by molar-refractivity contribution is 5.71. The number of esters is 3. The van der Waals surface area contributed by atoms with Crippen LogP contribution < -0.4 is 0 Å². The fourth-order valence-electron chi connectivity index (χ4n) is 8.24. The van der Waals surface area contributed by atoms with Crippen LogP contribution in [0.1, 0.15) is 265 Å². The molecule has 0 saturated carbocycles. The van der Waals surface area contributed by atoms with Gasteiger partial charge in [0.05, 0.1) is 0 Å². The molecule has 0 spiro atoms. The van der Waals surface area contributed by atoms with Gasteiger partial charge in [-0.05, 0) is 135 Å². The number of ether oxygens (including phenoxy) is 3. The summed E-state index contributed by atoms with van der Waals surface area (Å²) in [5.41, 5.74) is 0. The second kappa shape index (κ2) is 63.8. The minimum absolute atomic E-state index is 0.0977. The zero-order valence-electron chi connectivity index (χ0n) is 49.7. The van der Waals surface area contributed by atoms with Crippen molar-refractivity contribution >= 4 is 17.9 Å². The van der Waals surface area contributed by atoms with Gasteiger partial charge in [0.25, 0.3) is 0 Å². The fourth-order valence-corrected chi connectivity index (χ4v) is 8.24. The van der Waals surface area contributed by atoms with Gasteiger partial charge in [0.15, 0.2) is 6.10 Å². The topological polar surface area (TPSA) is 78.9 Å². The molecule has 0 aromatic carbocycles. The van der Waals surface area contributed by atoms with E-state index in [1.54, 1.807) is 0 Å². The van der Waals surface area contributed by atoms with Crippen LogP contribution in [0.15, 0.2) is 146 Å². The number of carbonyl (C=O) groups excluding carboxylic acids is 3. The Balaban J connectivity index is 4.34. The molecule has 1 unspecified atom stereocenters. The third-order valence-electron chi connectivity index (χ3n) is 12.8. The van der Waals surface area contributed by atoms with Gasteiger partial charge in [-0.15, -0.1) is 0 Å². The predicted molar refractivity (Wildman–Crippen MR) is 334 cm³/mol. The van der Waals surface area contributed by atoms with Crippen molar-refractivity contribution in [2.45, 2.75) is 271 Å². The lowest BCUT2D eigenvalue weighted by Gasteiger charge is -2.18. The van der Waals surface area contributed by atoms with E-state index in [9.17, 15) is 14.4 Å². The largest absolute Gasteiger partial charge is 0.462 e. The third-order valence-corrected chi connectivity index (χ3v) is 12.8. The van der Waals surface area contributed by atoms with Gasteiger partial charge in [-0.2, -0.15) is 0 Å². The molecule has 0 saturated heterocycles. The zero-order chi connectivity index (χ0) is 55.7. The summed E-state index contributed by atoms with van der Waals surface area (Å²) in [6.45, 7) is 6.27. The smallest absolute Gasteiger partial charge is 0.306 e. The van der Waals surface area contributed by atoms with E-state index in [1.165, 1.54) is 51.4 Å². The molecular weight excluding hydrogens is 949 g/mol. The van der Waals surface area contributed by atoms with Crippen LogP contribution in [0.3, 0.4) is 0 Å². The summed E-state index contributed by atoms with van der Waals surface area (Å²) >= 11 is 0. The van der Waals surface area contributed by atoms with E-state index in [2.05, 4.69) is 167 Å². The number of allylic oxidation sites excluding steroid dienone is 24. The molecule has 0 aliphatic rings. The van der Waals surface area contributed by atoms with Gasteiger partial charge in [-0.25, -0.2) is 0 Å². The van der Waals surface area contributed by atoms with Crippen molar-refractivity contribution in [1.82, 2.24) is 0 Å². The summed E-state index contributed by atoms with van der Waals surface area (Å²) in [4.78, 5) is 38.3. The molecule has 0 aromatic heterocycles. The van der Waals surface area contributed by atoms with Gasteiger partial charge in [0.2, 0.25) is 0 Å². The van der Waals surface area contributed by atoms with Gasteiger partial charge >= 0.3 is 17.9 Å². The van der Waals surface area contributed by atoms with Crippen molar-refractivity contribution in [3.8, 4) is 0 Å². The van der Waals surface area contributed by atoms with Crippen molar-refractivity contribution in [3.05, 3.63) is 146 Å². The summed E-state index contributed by atoms with van der Waals surface area (Å²) in [5, 5.41) is 0. The Hall–Kier alpha value is -4.71. The summed E-state index contributed by atoms with van der Waals surface area (Å²) in [5.74, 6) is -0.938. The Kier molecular flexibility index (Phi) is 59.9. The molecule has 0 heterocycles. The molecule has 6 nitrogen and oxygen atoms in total. The second-order valence-corrected chi connectivity index (χ2v) is 20.2. The number of carbonyl (C=O) groups is 3. The molecule has 0 aromatic rings. The van der Waals surface area contributed by atoms with Gasteiger partial charge in [-0.1, -0.05) is 256 Å². The first-order valence-electron chi connectivity index (χ1n) is 31.3. The second-order valence-electron chi connectivity index (χ2n) is 20.2. The average molecular weight is 1060 g/mol. The van der Waals surface area contributed by atoms with Gasteiger partial charge in [-0.3, -0.25) is 14.4 Å². The molecule has 0 aliphatic carbocycles. The molecule has 0 amide bonds. The van der Waals surface area contributed by atoms with Gasteiger partial charge in [0.1, 0.15) is 13.2 Å². The predicted octanol–water partition coefficient (Wildman–Crippen LogP) is 21.5. The first-order chi connectivity index (χ1) is 38.0. The molecule has 0 rings (SSSR count). The Labute approximate surface area is 474 Å². The summed E-state index contributed by atoms with van der Waals surface area (Å²) < 4.78 is 16.9. The van der Waals surface area contributed by atoms with Crippen molar-refractivity contribution < 1.29 is 28.6 Å². The molecule has 1 atom stereocenters. The normalized spacial score (nSPS) is 13.1. The van der Waals surface area contributed by atoms with Gasteiger partial charge < -0.3 is 14.2 Å². The average Bonchev–Trinajstić information content (AvgIpc) is 3.43. The minimum Gasteiger partial charge on any atom is -0.462 e. The molecule has 0 aliphatic heterocycles. The standard InChI is InChI=1S/C71H114O6/c1-4-7-10-13-16-19-22-25-28-29-30-31-32-33-34-35-36-37-38-39-40-41-44-46-49-52-55-58-61-64-70(73)76-67-68(77-71(74)65-62-59-56-53-50-47-43-27-24-21-18-15-12-9-6-3)66-75-69(72)63-60-57-54-51-48-45-42-26-23-20-17-14-11-8-5-2/h7-12,16-21,25-28,30-31,33-34,36-37,42-43,68H,4-6,13-15,22-24,29,32,35,38-41,44-67H2,1-3H3/b10-7-,11-8-,12-9-,19-16-,20-17-,21-18-,28-25-,31-30-,34-33-,37-36-,42-26-,43-27-. The molecule has 0 radical (unpaired) electrons. The SMILES string of the molecule is CC/C=C\C/C=C\C/C=C\C/C=C\C/C=C\C/C=C\CCCCCCCCCCCCC(=O)OCC(COC(=O)CCCCCCC/C=C\C/C=C\C/C=C\CC)OC(=O)CCCCCCC/C=C\C/C=C\C/C=C\CC. The minimum atomic E-state index is -0.803. The molecule has 0 N–H and O–H groups in total. The summed E-state index contributed by atoms with van der Waals surface area (Å²) in [7, 11) is 0. The van der Waals surface area contributed by atoms with E-state index in [4.69, 9.17) is 14.2 Å². The van der Waals surface area contributed by atoms with Crippen molar-refractivity contribution in [1.29, 1.82) is 0 Å². The maximum absolute atomic E-state index is 12.9. The van der Waals surface area contributed by atoms with Crippen LogP contribution in [0.4, 0.5) is 0 Å². The molecule has 77 heavy (non-hydrogen) atoms. The fraction of sp³-hybridized carbons (Fsp3) is 0.620. The first kappa shape index (κ1) is 72.3. The van der Waals surface area contributed by atoms with E-state index in [1.807, 2.05) is 0 Å². The first-order valence-corrected chi connectivity index (χ1v) is 31.3. The lowest BCUT2D eigenvalue weighted by atomic mass is 10.1. The Morgan fingerprint density at radius 3 is 0.727 bits per heavy atom. The molecule has 0 bridgehead atoms. The van der Waals surface area contributed by atoms with E-state index < -0.39 is 6.10 Å². The Morgan fingerprint density at radius 1 is 0.260 bits per heavy atom. The monoisotopic (exact) mass is 1060 g/mol. The third kappa shape index (κ3) is 62.0. The number of hydrogen-bond acceptors (Lipinski definition) is 6. The summed E-state index contributed by atoms with van der Waals surface area (Å²) in [6.07, 6.45) is 91.4.